The van der Waals surface area contributed by atoms with Gasteiger partial charge in [-0.1, -0.05) is 48.5 Å². The van der Waals surface area contributed by atoms with Crippen molar-refractivity contribution in [3.63, 3.8) is 0 Å². The number of hydrogen-bond donors (Lipinski definition) is 2. The first kappa shape index (κ1) is 33.3. The van der Waals surface area contributed by atoms with Crippen LogP contribution in [0.1, 0.15) is 11.1 Å². The van der Waals surface area contributed by atoms with Crippen molar-refractivity contribution >= 4 is 26.1 Å². The molecule has 0 saturated heterocycles. The van der Waals surface area contributed by atoms with Gasteiger partial charge in [0.15, 0.2) is 9.84 Å². The summed E-state index contributed by atoms with van der Waals surface area (Å²) < 4.78 is 49.8. The second-order valence-electron chi connectivity index (χ2n) is 10.8. The van der Waals surface area contributed by atoms with Crippen LogP contribution < -0.4 is 5.14 Å². The van der Waals surface area contributed by atoms with Gasteiger partial charge in [0.1, 0.15) is 6.29 Å². The molecular formula is C36H33N3O6S2. The number of aliphatic hydroxyl groups excluding tert-OH is 1. The van der Waals surface area contributed by atoms with Gasteiger partial charge in [-0.05, 0) is 95.1 Å². The summed E-state index contributed by atoms with van der Waals surface area (Å²) in [6.07, 6.45) is 6.36. The van der Waals surface area contributed by atoms with E-state index in [0.717, 1.165) is 51.3 Å². The molecule has 0 aliphatic heterocycles. The van der Waals surface area contributed by atoms with Crippen molar-refractivity contribution in [2.45, 2.75) is 22.8 Å². The maximum Gasteiger partial charge on any atom is 0.238 e. The largest absolute Gasteiger partial charge is 0.392 e. The molecule has 9 nitrogen and oxygen atoms in total. The second-order valence-corrected chi connectivity index (χ2v) is 14.3. The van der Waals surface area contributed by atoms with E-state index in [9.17, 15) is 21.6 Å². The van der Waals surface area contributed by atoms with Crippen LogP contribution in [0.15, 0.2) is 144 Å². The van der Waals surface area contributed by atoms with Gasteiger partial charge in [0.05, 0.1) is 27.8 Å². The normalized spacial score (nSPS) is 11.5. The molecule has 11 heteroatoms. The molecule has 2 aromatic heterocycles. The zero-order chi connectivity index (χ0) is 33.6. The van der Waals surface area contributed by atoms with Gasteiger partial charge in [0.25, 0.3) is 0 Å². The van der Waals surface area contributed by atoms with Gasteiger partial charge in [0.2, 0.25) is 10.0 Å². The summed E-state index contributed by atoms with van der Waals surface area (Å²) in [6, 6.07) is 36.5. The molecule has 3 N–H and O–H groups in total. The van der Waals surface area contributed by atoms with E-state index in [1.807, 2.05) is 106 Å². The van der Waals surface area contributed by atoms with E-state index >= 15 is 0 Å². The number of aliphatic hydroxyl groups is 1. The minimum atomic E-state index is -3.70. The molecule has 240 valence electrons. The monoisotopic (exact) mass is 667 g/mol. The van der Waals surface area contributed by atoms with E-state index in [1.165, 1.54) is 18.4 Å². The van der Waals surface area contributed by atoms with Crippen molar-refractivity contribution in [3.05, 3.63) is 145 Å². The van der Waals surface area contributed by atoms with Gasteiger partial charge in [0, 0.05) is 36.4 Å². The van der Waals surface area contributed by atoms with Gasteiger partial charge in [-0.25, -0.2) is 22.0 Å². The minimum Gasteiger partial charge on any atom is -0.392 e. The Hall–Kier alpha value is -5.07. The molecule has 47 heavy (non-hydrogen) atoms. The van der Waals surface area contributed by atoms with Gasteiger partial charge in [-0.2, -0.15) is 0 Å². The highest BCUT2D eigenvalue weighted by atomic mass is 32.2. The quantitative estimate of drug-likeness (QED) is 0.193. The van der Waals surface area contributed by atoms with Crippen molar-refractivity contribution < 1.29 is 26.7 Å². The van der Waals surface area contributed by atoms with E-state index in [0.29, 0.717) is 11.3 Å². The van der Waals surface area contributed by atoms with Crippen molar-refractivity contribution in [1.82, 2.24) is 9.13 Å². The number of hydrogen-bond acceptors (Lipinski definition) is 6. The molecular weight excluding hydrogens is 635 g/mol. The van der Waals surface area contributed by atoms with Crippen LogP contribution in [0.25, 0.3) is 33.9 Å². The molecule has 0 unspecified atom stereocenters. The summed E-state index contributed by atoms with van der Waals surface area (Å²) in [5.41, 5.74) is 7.48. The van der Waals surface area contributed by atoms with Crippen LogP contribution in [0.4, 0.5) is 0 Å². The van der Waals surface area contributed by atoms with Crippen molar-refractivity contribution in [2.75, 3.05) is 6.26 Å². The Morgan fingerprint density at radius 1 is 0.617 bits per heavy atom. The lowest BCUT2D eigenvalue weighted by atomic mass is 10.1. The molecule has 6 rings (SSSR count). The van der Waals surface area contributed by atoms with Gasteiger partial charge >= 0.3 is 0 Å². The molecule has 0 bridgehead atoms. The van der Waals surface area contributed by atoms with Crippen LogP contribution in [-0.4, -0.2) is 43.6 Å². The van der Waals surface area contributed by atoms with Crippen molar-refractivity contribution in [1.29, 1.82) is 0 Å². The standard InChI is InChI=1S/C18H16N2O3S.C18H17NO3S/c19-24(22,23)17-9-5-15(6-10-17)18-2-1-12-20(18)16-7-3-14(4-8-16)11-13-21;1-23(21,22)17-10-6-15(7-11-17)18-3-2-12-19(18)16-8-4-14(13-20)5-9-16/h1-10,12-13H,11H2,(H2,19,22,23);2-12,20H,13H2,1H3. The fourth-order valence-corrected chi connectivity index (χ4v) is 6.17. The number of aldehydes is 1. The number of rotatable bonds is 9. The van der Waals surface area contributed by atoms with Crippen LogP contribution in [-0.2, 0) is 37.7 Å². The van der Waals surface area contributed by atoms with E-state index in [4.69, 9.17) is 10.2 Å². The number of carbonyl (C=O) groups is 1. The SMILES string of the molecule is CS(=O)(=O)c1ccc(-c2cccn2-c2ccc(CO)cc2)cc1.NS(=O)(=O)c1ccc(-c2cccn2-c2ccc(CC=O)cc2)cc1. The number of primary sulfonamides is 1. The zero-order valence-corrected chi connectivity index (χ0v) is 27.1. The highest BCUT2D eigenvalue weighted by molar-refractivity contribution is 7.90. The highest BCUT2D eigenvalue weighted by Crippen LogP contribution is 2.27. The Morgan fingerprint density at radius 3 is 1.43 bits per heavy atom. The average molecular weight is 668 g/mol. The lowest BCUT2D eigenvalue weighted by Gasteiger charge is -2.10. The second kappa shape index (κ2) is 14.1. The average Bonchev–Trinajstić information content (AvgIpc) is 3.76. The molecule has 0 aliphatic carbocycles. The lowest BCUT2D eigenvalue weighted by molar-refractivity contribution is -0.107. The first-order valence-corrected chi connectivity index (χ1v) is 17.9. The topological polar surface area (TPSA) is 141 Å². The number of sulfone groups is 1. The predicted octanol–water partition coefficient (Wildman–Crippen LogP) is 5.57. The van der Waals surface area contributed by atoms with Crippen LogP contribution >= 0.6 is 0 Å². The molecule has 0 fully saturated rings. The van der Waals surface area contributed by atoms with E-state index < -0.39 is 19.9 Å². The third-order valence-corrected chi connectivity index (χ3v) is 9.54. The Labute approximate surface area is 274 Å². The fraction of sp³-hybridized carbons (Fsp3) is 0.0833. The maximum absolute atomic E-state index is 11.6. The Morgan fingerprint density at radius 2 is 1.04 bits per heavy atom. The molecule has 2 heterocycles. The number of sulfonamides is 1. The zero-order valence-electron chi connectivity index (χ0n) is 25.5. The lowest BCUT2D eigenvalue weighted by Crippen LogP contribution is -2.11. The van der Waals surface area contributed by atoms with E-state index in [1.54, 1.807) is 24.3 Å². The Bertz CT molecular complexity index is 2180. The summed E-state index contributed by atoms with van der Waals surface area (Å²) in [5.74, 6) is 0. The predicted molar refractivity (Wildman–Crippen MR) is 183 cm³/mol. The first-order chi connectivity index (χ1) is 22.5. The summed E-state index contributed by atoms with van der Waals surface area (Å²) in [4.78, 5) is 11.0. The molecule has 0 saturated carbocycles. The van der Waals surface area contributed by atoms with Crippen LogP contribution in [0, 0.1) is 0 Å². The summed E-state index contributed by atoms with van der Waals surface area (Å²) in [6.45, 7) is 0.0196. The van der Waals surface area contributed by atoms with Crippen LogP contribution in [0.3, 0.4) is 0 Å². The molecule has 6 aromatic rings. The summed E-state index contributed by atoms with van der Waals surface area (Å²) >= 11 is 0. The number of aromatic nitrogens is 2. The Kier molecular flexibility index (Phi) is 10.0. The van der Waals surface area contributed by atoms with Crippen LogP contribution in [0.5, 0.6) is 0 Å². The van der Waals surface area contributed by atoms with Crippen molar-refractivity contribution in [2.24, 2.45) is 5.14 Å². The summed E-state index contributed by atoms with van der Waals surface area (Å²) in [5, 5.41) is 14.3. The summed E-state index contributed by atoms with van der Waals surface area (Å²) in [7, 11) is -6.89. The van der Waals surface area contributed by atoms with Gasteiger partial charge in [-0.3, -0.25) is 0 Å². The van der Waals surface area contributed by atoms with Gasteiger partial charge in [-0.15, -0.1) is 0 Å². The molecule has 0 aliphatic rings. The first-order valence-electron chi connectivity index (χ1n) is 14.5. The van der Waals surface area contributed by atoms with E-state index in [-0.39, 0.29) is 11.5 Å². The third kappa shape index (κ3) is 8.02. The smallest absolute Gasteiger partial charge is 0.238 e. The molecule has 0 radical (unpaired) electrons. The number of benzene rings is 4. The van der Waals surface area contributed by atoms with Gasteiger partial charge < -0.3 is 19.0 Å². The van der Waals surface area contributed by atoms with Crippen LogP contribution in [0.2, 0.25) is 0 Å². The number of nitrogens with zero attached hydrogens (tertiary/aromatic N) is 2. The minimum absolute atomic E-state index is 0.0196. The molecule has 0 spiro atoms. The maximum atomic E-state index is 11.6. The highest BCUT2D eigenvalue weighted by Gasteiger charge is 2.11. The number of nitrogens with two attached hydrogens (primary N) is 1. The molecule has 4 aromatic carbocycles. The Balaban J connectivity index is 0.000000185. The number of carbonyl (C=O) groups excluding carboxylic acids is 1. The molecule has 0 amide bonds. The third-order valence-electron chi connectivity index (χ3n) is 7.49. The van der Waals surface area contributed by atoms with E-state index in [2.05, 4.69) is 0 Å². The fourth-order valence-electron chi connectivity index (χ4n) is 5.02. The van der Waals surface area contributed by atoms with Crippen molar-refractivity contribution in [3.8, 4) is 33.9 Å². The molecule has 0 atom stereocenters.